The maximum atomic E-state index is 11.4. The fourth-order valence-corrected chi connectivity index (χ4v) is 2.60. The molecule has 19 heavy (non-hydrogen) atoms. The molecule has 0 atom stereocenters. The number of rotatable bonds is 7. The number of carbonyl (C=O) groups is 1. The van der Waals surface area contributed by atoms with E-state index in [0.29, 0.717) is 12.5 Å². The first-order chi connectivity index (χ1) is 9.10. The predicted molar refractivity (Wildman–Crippen MR) is 77.6 cm³/mol. The highest BCUT2D eigenvalue weighted by molar-refractivity contribution is 7.99. The minimum absolute atomic E-state index is 0.217. The van der Waals surface area contributed by atoms with Gasteiger partial charge >= 0.3 is 5.97 Å². The van der Waals surface area contributed by atoms with Crippen molar-refractivity contribution in [1.29, 1.82) is 0 Å². The summed E-state index contributed by atoms with van der Waals surface area (Å²) < 4.78 is 4.92. The maximum absolute atomic E-state index is 11.4. The highest BCUT2D eigenvalue weighted by Gasteiger charge is 2.16. The smallest absolute Gasteiger partial charge is 0.316 e. The lowest BCUT2D eigenvalue weighted by Crippen LogP contribution is -2.10. The summed E-state index contributed by atoms with van der Waals surface area (Å²) in [6.07, 6.45) is 1.53. The number of carbonyl (C=O) groups excluding carboxylic acids is 1. The largest absolute Gasteiger partial charge is 0.465 e. The van der Waals surface area contributed by atoms with Crippen molar-refractivity contribution in [2.75, 3.05) is 24.2 Å². The zero-order valence-electron chi connectivity index (χ0n) is 11.9. The van der Waals surface area contributed by atoms with Gasteiger partial charge in [0.2, 0.25) is 0 Å². The number of thioether (sulfide) groups is 1. The number of hydrogen-bond acceptors (Lipinski definition) is 6. The van der Waals surface area contributed by atoms with Gasteiger partial charge in [-0.1, -0.05) is 25.6 Å². The summed E-state index contributed by atoms with van der Waals surface area (Å²) >= 11 is 1.40. The highest BCUT2D eigenvalue weighted by Crippen LogP contribution is 2.31. The third kappa shape index (κ3) is 4.70. The Labute approximate surface area is 118 Å². The molecule has 0 radical (unpaired) electrons. The van der Waals surface area contributed by atoms with Crippen LogP contribution in [0, 0.1) is 0 Å². The number of esters is 1. The monoisotopic (exact) mass is 283 g/mol. The molecule has 0 aliphatic carbocycles. The van der Waals surface area contributed by atoms with E-state index < -0.39 is 0 Å². The Hall–Kier alpha value is -1.30. The van der Waals surface area contributed by atoms with Gasteiger partial charge in [-0.15, -0.1) is 0 Å². The van der Waals surface area contributed by atoms with Gasteiger partial charge in [0.05, 0.1) is 12.4 Å². The number of hydrogen-bond donors (Lipinski definition) is 1. The molecule has 0 fully saturated rings. The average molecular weight is 283 g/mol. The fourth-order valence-electron chi connectivity index (χ4n) is 1.65. The first kappa shape index (κ1) is 15.8. The van der Waals surface area contributed by atoms with Crippen LogP contribution in [0.2, 0.25) is 0 Å². The maximum Gasteiger partial charge on any atom is 0.316 e. The fraction of sp³-hybridized carbons (Fsp3) is 0.615. The van der Waals surface area contributed by atoms with Crippen LogP contribution in [0.4, 0.5) is 5.82 Å². The molecule has 1 aromatic rings. The van der Waals surface area contributed by atoms with Gasteiger partial charge in [0.25, 0.3) is 0 Å². The van der Waals surface area contributed by atoms with E-state index in [9.17, 15) is 4.79 Å². The summed E-state index contributed by atoms with van der Waals surface area (Å²) in [6, 6.07) is 0. The van der Waals surface area contributed by atoms with Crippen LogP contribution in [0.15, 0.2) is 11.4 Å². The summed E-state index contributed by atoms with van der Waals surface area (Å²) in [5.74, 6) is 1.19. The first-order valence-corrected chi connectivity index (χ1v) is 7.45. The van der Waals surface area contributed by atoms with Crippen LogP contribution in [0.25, 0.3) is 0 Å². The Morgan fingerprint density at radius 2 is 2.16 bits per heavy atom. The summed E-state index contributed by atoms with van der Waals surface area (Å²) in [4.78, 5) is 19.9. The van der Waals surface area contributed by atoms with Crippen LogP contribution in [-0.4, -0.2) is 34.8 Å². The Kier molecular flexibility index (Phi) is 6.62. The number of anilines is 1. The van der Waals surface area contributed by atoms with Gasteiger partial charge in [-0.3, -0.25) is 4.79 Å². The molecule has 5 nitrogen and oxygen atoms in total. The van der Waals surface area contributed by atoms with E-state index >= 15 is 0 Å². The Morgan fingerprint density at radius 1 is 1.42 bits per heavy atom. The van der Waals surface area contributed by atoms with Gasteiger partial charge in [0, 0.05) is 12.1 Å². The first-order valence-electron chi connectivity index (χ1n) is 6.47. The van der Waals surface area contributed by atoms with Crippen molar-refractivity contribution >= 4 is 23.5 Å². The third-order valence-electron chi connectivity index (χ3n) is 2.40. The summed E-state index contributed by atoms with van der Waals surface area (Å²) in [7, 11) is 0. The van der Waals surface area contributed by atoms with Crippen molar-refractivity contribution in [3.05, 3.63) is 11.9 Å². The van der Waals surface area contributed by atoms with Gasteiger partial charge in [-0.25, -0.2) is 9.97 Å². The van der Waals surface area contributed by atoms with E-state index in [4.69, 9.17) is 4.74 Å². The Bertz CT molecular complexity index is 424. The second-order valence-corrected chi connectivity index (χ2v) is 5.18. The molecule has 1 aromatic heterocycles. The quantitative estimate of drug-likeness (QED) is 0.471. The molecular formula is C13H21N3O2S. The van der Waals surface area contributed by atoms with Gasteiger partial charge in [-0.2, -0.15) is 0 Å². The lowest BCUT2D eigenvalue weighted by atomic mass is 10.1. The van der Waals surface area contributed by atoms with Crippen molar-refractivity contribution in [3.8, 4) is 0 Å². The second-order valence-electron chi connectivity index (χ2n) is 4.22. The van der Waals surface area contributed by atoms with E-state index in [2.05, 4.69) is 29.1 Å². The van der Waals surface area contributed by atoms with Gasteiger partial charge in [0.15, 0.2) is 0 Å². The molecule has 1 heterocycles. The van der Waals surface area contributed by atoms with E-state index in [-0.39, 0.29) is 11.7 Å². The molecule has 1 rings (SSSR count). The van der Waals surface area contributed by atoms with E-state index in [0.717, 1.165) is 23.0 Å². The molecular weight excluding hydrogens is 262 g/mol. The van der Waals surface area contributed by atoms with Crippen molar-refractivity contribution in [3.63, 3.8) is 0 Å². The molecule has 0 saturated carbocycles. The molecule has 0 unspecified atom stereocenters. The molecule has 0 bridgehead atoms. The molecule has 0 aromatic carbocycles. The summed E-state index contributed by atoms with van der Waals surface area (Å²) in [5.41, 5.74) is 1.05. The summed E-state index contributed by atoms with van der Waals surface area (Å²) in [6.45, 7) is 9.22. The lowest BCUT2D eigenvalue weighted by Gasteiger charge is -2.15. The molecule has 0 amide bonds. The van der Waals surface area contributed by atoms with E-state index in [1.807, 2.05) is 6.92 Å². The zero-order valence-corrected chi connectivity index (χ0v) is 12.7. The van der Waals surface area contributed by atoms with Crippen LogP contribution in [-0.2, 0) is 9.53 Å². The standard InChI is InChI=1S/C13H21N3O2S/c1-5-14-12-11(9(3)4)13(16-8-15-12)19-7-10(17)18-6-2/h8-9H,5-7H2,1-4H3,(H,14,15,16). The molecule has 6 heteroatoms. The molecule has 0 spiro atoms. The number of nitrogens with one attached hydrogen (secondary N) is 1. The predicted octanol–water partition coefficient (Wildman–Crippen LogP) is 2.69. The van der Waals surface area contributed by atoms with Gasteiger partial charge in [0.1, 0.15) is 17.2 Å². The number of ether oxygens (including phenoxy) is 1. The second kappa shape index (κ2) is 7.99. The third-order valence-corrected chi connectivity index (χ3v) is 3.38. The van der Waals surface area contributed by atoms with Crippen LogP contribution >= 0.6 is 11.8 Å². The number of aromatic nitrogens is 2. The van der Waals surface area contributed by atoms with E-state index in [1.54, 1.807) is 6.92 Å². The molecule has 1 N–H and O–H groups in total. The Balaban J connectivity index is 2.87. The minimum atomic E-state index is -0.217. The normalized spacial score (nSPS) is 10.6. The highest BCUT2D eigenvalue weighted by atomic mass is 32.2. The average Bonchev–Trinajstić information content (AvgIpc) is 2.37. The zero-order chi connectivity index (χ0) is 14.3. The summed E-state index contributed by atoms with van der Waals surface area (Å²) in [5, 5.41) is 4.07. The van der Waals surface area contributed by atoms with Crippen LogP contribution in [0.3, 0.4) is 0 Å². The minimum Gasteiger partial charge on any atom is -0.465 e. The lowest BCUT2D eigenvalue weighted by molar-refractivity contribution is -0.139. The molecule has 0 saturated heterocycles. The molecule has 0 aliphatic rings. The van der Waals surface area contributed by atoms with Gasteiger partial charge < -0.3 is 10.1 Å². The van der Waals surface area contributed by atoms with Crippen molar-refractivity contribution in [2.45, 2.75) is 38.6 Å². The SMILES string of the molecule is CCNc1ncnc(SCC(=O)OCC)c1C(C)C. The van der Waals surface area contributed by atoms with Crippen molar-refractivity contribution < 1.29 is 9.53 Å². The van der Waals surface area contributed by atoms with Gasteiger partial charge in [-0.05, 0) is 19.8 Å². The van der Waals surface area contributed by atoms with Crippen LogP contribution in [0.5, 0.6) is 0 Å². The van der Waals surface area contributed by atoms with Crippen LogP contribution in [0.1, 0.15) is 39.2 Å². The molecule has 0 aliphatic heterocycles. The van der Waals surface area contributed by atoms with Crippen LogP contribution < -0.4 is 5.32 Å². The Morgan fingerprint density at radius 3 is 2.74 bits per heavy atom. The van der Waals surface area contributed by atoms with Crippen molar-refractivity contribution in [2.24, 2.45) is 0 Å². The van der Waals surface area contributed by atoms with Crippen molar-refractivity contribution in [1.82, 2.24) is 9.97 Å². The molecule has 106 valence electrons. The topological polar surface area (TPSA) is 64.1 Å². The number of nitrogens with zero attached hydrogens (tertiary/aromatic N) is 2. The van der Waals surface area contributed by atoms with E-state index in [1.165, 1.54) is 18.1 Å².